The number of nitrogens with zero attached hydrogens (tertiary/aromatic N) is 3. The van der Waals surface area contributed by atoms with Crippen LogP contribution in [0.2, 0.25) is 0 Å². The van der Waals surface area contributed by atoms with Crippen LogP contribution in [0.1, 0.15) is 37.9 Å². The molecule has 1 unspecified atom stereocenters. The van der Waals surface area contributed by atoms with Crippen molar-refractivity contribution in [1.29, 1.82) is 0 Å². The van der Waals surface area contributed by atoms with Crippen molar-refractivity contribution in [3.05, 3.63) is 35.9 Å². The fourth-order valence-corrected chi connectivity index (χ4v) is 4.10. The summed E-state index contributed by atoms with van der Waals surface area (Å²) >= 11 is 0. The van der Waals surface area contributed by atoms with Gasteiger partial charge in [-0.1, -0.05) is 5.16 Å². The molecule has 0 bridgehead atoms. The summed E-state index contributed by atoms with van der Waals surface area (Å²) in [7, 11) is 0. The number of hydrogen-bond acceptors (Lipinski definition) is 5. The molecule has 0 aliphatic carbocycles. The molecule has 3 heterocycles. The first-order valence-corrected chi connectivity index (χ1v) is 10.1. The molecular formula is C21H26FN3O3. The summed E-state index contributed by atoms with van der Waals surface area (Å²) in [6.45, 7) is 3.08. The van der Waals surface area contributed by atoms with Gasteiger partial charge in [-0.2, -0.15) is 4.98 Å². The first-order valence-electron chi connectivity index (χ1n) is 10.1. The molecule has 0 radical (unpaired) electrons. The summed E-state index contributed by atoms with van der Waals surface area (Å²) in [4.78, 5) is 19.2. The molecule has 2 aliphatic heterocycles. The van der Waals surface area contributed by atoms with E-state index in [9.17, 15) is 9.18 Å². The Kier molecular flexibility index (Phi) is 6.00. The number of hydrogen-bond donors (Lipinski definition) is 0. The van der Waals surface area contributed by atoms with Crippen LogP contribution < -0.4 is 0 Å². The van der Waals surface area contributed by atoms with E-state index in [4.69, 9.17) is 9.26 Å². The topological polar surface area (TPSA) is 68.5 Å². The Morgan fingerprint density at radius 2 is 1.96 bits per heavy atom. The van der Waals surface area contributed by atoms with Crippen molar-refractivity contribution in [3.63, 3.8) is 0 Å². The smallest absolute Gasteiger partial charge is 0.257 e. The maximum atomic E-state index is 13.0. The van der Waals surface area contributed by atoms with Crippen molar-refractivity contribution in [3.8, 4) is 11.5 Å². The van der Waals surface area contributed by atoms with Gasteiger partial charge >= 0.3 is 0 Å². The number of aromatic nitrogens is 2. The van der Waals surface area contributed by atoms with E-state index in [2.05, 4.69) is 10.1 Å². The largest absolute Gasteiger partial charge is 0.381 e. The fraction of sp³-hybridized carbons (Fsp3) is 0.571. The van der Waals surface area contributed by atoms with E-state index < -0.39 is 0 Å². The van der Waals surface area contributed by atoms with E-state index in [1.54, 1.807) is 12.1 Å². The number of ether oxygens (including phenoxy) is 1. The van der Waals surface area contributed by atoms with Crippen molar-refractivity contribution >= 4 is 5.91 Å². The van der Waals surface area contributed by atoms with Crippen LogP contribution in [0.15, 0.2) is 28.8 Å². The molecule has 7 heteroatoms. The molecule has 2 aliphatic rings. The Balaban J connectivity index is 1.30. The lowest BCUT2D eigenvalue weighted by molar-refractivity contribution is -0.140. The zero-order valence-electron chi connectivity index (χ0n) is 16.0. The number of likely N-dealkylation sites (tertiary alicyclic amines) is 1. The molecule has 1 atom stereocenters. The summed E-state index contributed by atoms with van der Waals surface area (Å²) < 4.78 is 23.7. The third-order valence-corrected chi connectivity index (χ3v) is 5.74. The molecule has 2 aromatic rings. The van der Waals surface area contributed by atoms with Crippen molar-refractivity contribution in [2.24, 2.45) is 11.8 Å². The summed E-state index contributed by atoms with van der Waals surface area (Å²) in [5.41, 5.74) is 0.714. The lowest BCUT2D eigenvalue weighted by Crippen LogP contribution is -2.44. The normalized spacial score (nSPS) is 21.0. The Labute approximate surface area is 164 Å². The second-order valence-corrected chi connectivity index (χ2v) is 7.74. The molecule has 1 amide bonds. The predicted octanol–water partition coefficient (Wildman–Crippen LogP) is 3.47. The molecule has 2 fully saturated rings. The lowest BCUT2D eigenvalue weighted by Gasteiger charge is -2.35. The average Bonchev–Trinajstić information content (AvgIpc) is 3.22. The van der Waals surface area contributed by atoms with E-state index in [1.807, 2.05) is 4.90 Å². The van der Waals surface area contributed by atoms with Gasteiger partial charge in [-0.15, -0.1) is 0 Å². The zero-order chi connectivity index (χ0) is 19.3. The molecule has 1 aromatic heterocycles. The van der Waals surface area contributed by atoms with E-state index in [-0.39, 0.29) is 11.7 Å². The Morgan fingerprint density at radius 1 is 1.18 bits per heavy atom. The van der Waals surface area contributed by atoms with Crippen LogP contribution in [-0.2, 0) is 16.0 Å². The third kappa shape index (κ3) is 4.58. The number of halogens is 1. The maximum absolute atomic E-state index is 13.0. The monoisotopic (exact) mass is 387 g/mol. The SMILES string of the molecule is O=C(C1CCOCC1)N1CCCC(CCc2noc(-c3ccc(F)cc3)n2)C1. The van der Waals surface area contributed by atoms with Crippen LogP contribution in [-0.4, -0.2) is 47.3 Å². The highest BCUT2D eigenvalue weighted by Gasteiger charge is 2.30. The van der Waals surface area contributed by atoms with Gasteiger partial charge in [0.1, 0.15) is 5.82 Å². The van der Waals surface area contributed by atoms with E-state index in [0.29, 0.717) is 48.7 Å². The van der Waals surface area contributed by atoms with Crippen LogP contribution in [0.3, 0.4) is 0 Å². The number of aryl methyl sites for hydroxylation is 1. The van der Waals surface area contributed by atoms with Gasteiger partial charge < -0.3 is 14.2 Å². The third-order valence-electron chi connectivity index (χ3n) is 5.74. The van der Waals surface area contributed by atoms with Gasteiger partial charge in [0.05, 0.1) is 0 Å². The van der Waals surface area contributed by atoms with Crippen LogP contribution in [0.25, 0.3) is 11.5 Å². The van der Waals surface area contributed by atoms with E-state index in [1.165, 1.54) is 12.1 Å². The van der Waals surface area contributed by atoms with Gasteiger partial charge in [-0.3, -0.25) is 4.79 Å². The molecule has 0 N–H and O–H groups in total. The number of carbonyl (C=O) groups is 1. The minimum absolute atomic E-state index is 0.128. The van der Waals surface area contributed by atoms with Crippen LogP contribution in [0, 0.1) is 17.7 Å². The number of benzene rings is 1. The lowest BCUT2D eigenvalue weighted by atomic mass is 9.91. The average molecular weight is 387 g/mol. The van der Waals surface area contributed by atoms with Crippen molar-refractivity contribution in [2.75, 3.05) is 26.3 Å². The Bertz CT molecular complexity index is 786. The second kappa shape index (κ2) is 8.82. The van der Waals surface area contributed by atoms with Gasteiger partial charge in [-0.25, -0.2) is 4.39 Å². The fourth-order valence-electron chi connectivity index (χ4n) is 4.10. The van der Waals surface area contributed by atoms with Crippen LogP contribution >= 0.6 is 0 Å². The summed E-state index contributed by atoms with van der Waals surface area (Å²) in [5.74, 6) is 1.67. The predicted molar refractivity (Wildman–Crippen MR) is 101 cm³/mol. The quantitative estimate of drug-likeness (QED) is 0.786. The van der Waals surface area contributed by atoms with Crippen LogP contribution in [0.4, 0.5) is 4.39 Å². The van der Waals surface area contributed by atoms with Gasteiger partial charge in [0.15, 0.2) is 5.82 Å². The first-order chi connectivity index (χ1) is 13.7. The van der Waals surface area contributed by atoms with Gasteiger partial charge in [-0.05, 0) is 62.3 Å². The van der Waals surface area contributed by atoms with Crippen molar-refractivity contribution in [2.45, 2.75) is 38.5 Å². The Morgan fingerprint density at radius 3 is 2.75 bits per heavy atom. The molecule has 28 heavy (non-hydrogen) atoms. The molecule has 150 valence electrons. The Hall–Kier alpha value is -2.28. The van der Waals surface area contributed by atoms with Gasteiger partial charge in [0, 0.05) is 44.2 Å². The van der Waals surface area contributed by atoms with E-state index >= 15 is 0 Å². The highest BCUT2D eigenvalue weighted by molar-refractivity contribution is 5.79. The number of piperidine rings is 1. The molecule has 4 rings (SSSR count). The number of amides is 1. The van der Waals surface area contributed by atoms with Crippen LogP contribution in [0.5, 0.6) is 0 Å². The molecular weight excluding hydrogens is 361 g/mol. The summed E-state index contributed by atoms with van der Waals surface area (Å²) in [6, 6.07) is 6.03. The molecule has 2 saturated heterocycles. The maximum Gasteiger partial charge on any atom is 0.257 e. The van der Waals surface area contributed by atoms with E-state index in [0.717, 1.165) is 45.2 Å². The minimum atomic E-state index is -0.291. The highest BCUT2D eigenvalue weighted by atomic mass is 19.1. The second-order valence-electron chi connectivity index (χ2n) is 7.74. The molecule has 0 spiro atoms. The minimum Gasteiger partial charge on any atom is -0.381 e. The molecule has 1 aromatic carbocycles. The number of rotatable bonds is 5. The summed E-state index contributed by atoms with van der Waals surface area (Å²) in [5, 5.41) is 4.05. The standard InChI is InChI=1S/C21H26FN3O3/c22-18-6-4-16(5-7-18)20-23-19(24-28-20)8-3-15-2-1-11-25(14-15)21(26)17-9-12-27-13-10-17/h4-7,15,17H,1-3,8-14H2. The highest BCUT2D eigenvalue weighted by Crippen LogP contribution is 2.25. The first kappa shape index (κ1) is 19.1. The van der Waals surface area contributed by atoms with Gasteiger partial charge in [0.2, 0.25) is 5.91 Å². The number of carbonyl (C=O) groups excluding carboxylic acids is 1. The molecule has 0 saturated carbocycles. The molecule has 6 nitrogen and oxygen atoms in total. The van der Waals surface area contributed by atoms with Gasteiger partial charge in [0.25, 0.3) is 5.89 Å². The van der Waals surface area contributed by atoms with Crippen molar-refractivity contribution < 1.29 is 18.4 Å². The van der Waals surface area contributed by atoms with Crippen molar-refractivity contribution in [1.82, 2.24) is 15.0 Å². The summed E-state index contributed by atoms with van der Waals surface area (Å²) in [6.07, 6.45) is 5.51. The zero-order valence-corrected chi connectivity index (χ0v) is 16.0.